The molecule has 1 heterocycles. The number of pyridine rings is 1. The van der Waals surface area contributed by atoms with E-state index in [1.807, 2.05) is 0 Å². The molecular formula is C8H8F3NO2. The first-order valence-electron chi connectivity index (χ1n) is 3.70. The lowest BCUT2D eigenvalue weighted by molar-refractivity contribution is -0.138. The lowest BCUT2D eigenvalue weighted by Crippen LogP contribution is -2.07. The van der Waals surface area contributed by atoms with Crippen LogP contribution in [-0.2, 0) is 12.8 Å². The number of aromatic nitrogens is 1. The van der Waals surface area contributed by atoms with Gasteiger partial charge in [0.1, 0.15) is 11.4 Å². The van der Waals surface area contributed by atoms with E-state index < -0.39 is 18.3 Å². The van der Waals surface area contributed by atoms with Gasteiger partial charge >= 0.3 is 6.18 Å². The van der Waals surface area contributed by atoms with Crippen molar-refractivity contribution in [2.45, 2.75) is 12.8 Å². The maximum Gasteiger partial charge on any atom is 0.418 e. The van der Waals surface area contributed by atoms with Gasteiger partial charge < -0.3 is 9.84 Å². The number of alkyl halides is 3. The fourth-order valence-electron chi connectivity index (χ4n) is 0.923. The van der Waals surface area contributed by atoms with Crippen LogP contribution in [0, 0.1) is 0 Å². The van der Waals surface area contributed by atoms with Gasteiger partial charge in [0.25, 0.3) is 0 Å². The van der Waals surface area contributed by atoms with Gasteiger partial charge in [-0.25, -0.2) is 0 Å². The van der Waals surface area contributed by atoms with E-state index in [0.29, 0.717) is 6.20 Å². The number of halogens is 3. The summed E-state index contributed by atoms with van der Waals surface area (Å²) in [5.74, 6) is -0.0673. The van der Waals surface area contributed by atoms with E-state index in [-0.39, 0.29) is 11.4 Å². The summed E-state index contributed by atoms with van der Waals surface area (Å²) in [5.41, 5.74) is -0.813. The zero-order valence-electron chi connectivity index (χ0n) is 7.30. The lowest BCUT2D eigenvalue weighted by Gasteiger charge is -2.10. The van der Waals surface area contributed by atoms with Gasteiger partial charge in [-0.15, -0.1) is 0 Å². The first kappa shape index (κ1) is 10.8. The van der Waals surface area contributed by atoms with Gasteiger partial charge in [0.15, 0.2) is 0 Å². The van der Waals surface area contributed by atoms with Crippen molar-refractivity contribution in [3.8, 4) is 5.75 Å². The summed E-state index contributed by atoms with van der Waals surface area (Å²) in [6, 6.07) is 0.804. The van der Waals surface area contributed by atoms with Crippen molar-refractivity contribution < 1.29 is 23.0 Å². The van der Waals surface area contributed by atoms with E-state index in [2.05, 4.69) is 9.72 Å². The molecule has 1 rings (SSSR count). The van der Waals surface area contributed by atoms with Gasteiger partial charge in [-0.3, -0.25) is 4.98 Å². The van der Waals surface area contributed by atoms with Crippen molar-refractivity contribution in [3.63, 3.8) is 0 Å². The van der Waals surface area contributed by atoms with E-state index in [9.17, 15) is 13.2 Å². The number of hydrogen-bond acceptors (Lipinski definition) is 3. The van der Waals surface area contributed by atoms with Gasteiger partial charge in [-0.05, 0) is 6.07 Å². The summed E-state index contributed by atoms with van der Waals surface area (Å²) in [6.07, 6.45) is -3.79. The highest BCUT2D eigenvalue weighted by atomic mass is 19.4. The number of hydrogen-bond donors (Lipinski definition) is 1. The Labute approximate surface area is 78.2 Å². The van der Waals surface area contributed by atoms with Crippen LogP contribution in [-0.4, -0.2) is 17.2 Å². The molecule has 1 aromatic rings. The number of nitrogens with zero attached hydrogens (tertiary/aromatic N) is 1. The summed E-state index contributed by atoms with van der Waals surface area (Å²) in [7, 11) is 1.22. The molecule has 3 nitrogen and oxygen atoms in total. The van der Waals surface area contributed by atoms with E-state index >= 15 is 0 Å². The van der Waals surface area contributed by atoms with Crippen molar-refractivity contribution >= 4 is 0 Å². The van der Waals surface area contributed by atoms with Crippen molar-refractivity contribution in [1.82, 2.24) is 4.98 Å². The molecule has 0 saturated heterocycles. The molecule has 78 valence electrons. The Kier molecular flexibility index (Phi) is 2.95. The van der Waals surface area contributed by atoms with Crippen LogP contribution >= 0.6 is 0 Å². The number of rotatable bonds is 2. The highest BCUT2D eigenvalue weighted by Crippen LogP contribution is 2.31. The molecule has 0 aliphatic carbocycles. The molecular weight excluding hydrogens is 199 g/mol. The second kappa shape index (κ2) is 3.83. The Hall–Kier alpha value is -1.30. The van der Waals surface area contributed by atoms with Crippen molar-refractivity contribution in [1.29, 1.82) is 0 Å². The molecule has 1 N–H and O–H groups in total. The molecule has 0 fully saturated rings. The molecule has 0 atom stereocenters. The van der Waals surface area contributed by atoms with Crippen LogP contribution in [0.5, 0.6) is 5.75 Å². The summed E-state index contributed by atoms with van der Waals surface area (Å²) >= 11 is 0. The molecule has 1 aromatic heterocycles. The van der Waals surface area contributed by atoms with Gasteiger partial charge in [-0.1, -0.05) is 0 Å². The molecule has 0 spiro atoms. The smallest absolute Gasteiger partial charge is 0.418 e. The average Bonchev–Trinajstić information content (AvgIpc) is 2.15. The van der Waals surface area contributed by atoms with Crippen LogP contribution in [0.3, 0.4) is 0 Å². The molecule has 6 heteroatoms. The van der Waals surface area contributed by atoms with Crippen molar-refractivity contribution in [3.05, 3.63) is 23.5 Å². The minimum absolute atomic E-state index is 0.0673. The molecule has 0 aromatic carbocycles. The van der Waals surface area contributed by atoms with Crippen molar-refractivity contribution in [2.75, 3.05) is 7.11 Å². The van der Waals surface area contributed by atoms with Gasteiger partial charge in [0.05, 0.1) is 19.3 Å². The number of ether oxygens (including phenoxy) is 1. The predicted octanol–water partition coefficient (Wildman–Crippen LogP) is 1.60. The van der Waals surface area contributed by atoms with Crippen LogP contribution in [0.4, 0.5) is 13.2 Å². The maximum absolute atomic E-state index is 12.2. The summed E-state index contributed by atoms with van der Waals surface area (Å²) < 4.78 is 41.2. The maximum atomic E-state index is 12.2. The highest BCUT2D eigenvalue weighted by molar-refractivity contribution is 5.32. The number of aliphatic hydroxyl groups excluding tert-OH is 1. The van der Waals surface area contributed by atoms with E-state index in [1.165, 1.54) is 7.11 Å². The van der Waals surface area contributed by atoms with E-state index in [0.717, 1.165) is 6.07 Å². The van der Waals surface area contributed by atoms with Crippen molar-refractivity contribution in [2.24, 2.45) is 0 Å². The third kappa shape index (κ3) is 2.14. The standard InChI is InChI=1S/C8H8F3NO2/c1-14-7-2-5(8(9,10)11)3-12-6(7)4-13/h2-3,13H,4H2,1H3. The third-order valence-corrected chi connectivity index (χ3v) is 1.63. The average molecular weight is 207 g/mol. The fraction of sp³-hybridized carbons (Fsp3) is 0.375. The lowest BCUT2D eigenvalue weighted by atomic mass is 10.2. The molecule has 0 aliphatic heterocycles. The van der Waals surface area contributed by atoms with Gasteiger partial charge in [-0.2, -0.15) is 13.2 Å². The molecule has 0 saturated carbocycles. The van der Waals surface area contributed by atoms with E-state index in [1.54, 1.807) is 0 Å². The normalized spacial score (nSPS) is 11.5. The SMILES string of the molecule is COc1cc(C(F)(F)F)cnc1CO. The summed E-state index contributed by atoms with van der Waals surface area (Å²) in [5, 5.41) is 8.72. The Morgan fingerprint density at radius 2 is 2.14 bits per heavy atom. The Balaban J connectivity index is 3.14. The molecule has 14 heavy (non-hydrogen) atoms. The summed E-state index contributed by atoms with van der Waals surface area (Å²) in [4.78, 5) is 3.44. The Morgan fingerprint density at radius 1 is 1.50 bits per heavy atom. The van der Waals surface area contributed by atoms with Gasteiger partial charge in [0.2, 0.25) is 0 Å². The van der Waals surface area contributed by atoms with Crippen LogP contribution in [0.2, 0.25) is 0 Å². The Bertz CT molecular complexity index is 325. The minimum Gasteiger partial charge on any atom is -0.495 e. The second-order valence-electron chi connectivity index (χ2n) is 2.53. The van der Waals surface area contributed by atoms with Crippen LogP contribution in [0.1, 0.15) is 11.3 Å². The first-order chi connectivity index (χ1) is 6.49. The minimum atomic E-state index is -4.45. The zero-order chi connectivity index (χ0) is 10.8. The topological polar surface area (TPSA) is 42.4 Å². The zero-order valence-corrected chi connectivity index (χ0v) is 7.30. The molecule has 0 aliphatic rings. The van der Waals surface area contributed by atoms with Crippen LogP contribution < -0.4 is 4.74 Å². The van der Waals surface area contributed by atoms with Gasteiger partial charge in [0, 0.05) is 6.20 Å². The third-order valence-electron chi connectivity index (χ3n) is 1.63. The monoisotopic (exact) mass is 207 g/mol. The van der Waals surface area contributed by atoms with Crippen LogP contribution in [0.25, 0.3) is 0 Å². The molecule has 0 radical (unpaired) electrons. The number of aliphatic hydroxyl groups is 1. The number of methoxy groups -OCH3 is 1. The highest BCUT2D eigenvalue weighted by Gasteiger charge is 2.31. The first-order valence-corrected chi connectivity index (χ1v) is 3.70. The summed E-state index contributed by atoms with van der Waals surface area (Å²) in [6.45, 7) is -0.457. The van der Waals surface area contributed by atoms with Crippen LogP contribution in [0.15, 0.2) is 12.3 Å². The molecule has 0 bridgehead atoms. The fourth-order valence-corrected chi connectivity index (χ4v) is 0.923. The predicted molar refractivity (Wildman–Crippen MR) is 41.7 cm³/mol. The van der Waals surface area contributed by atoms with E-state index in [4.69, 9.17) is 5.11 Å². The molecule has 0 amide bonds. The molecule has 0 unspecified atom stereocenters. The quantitative estimate of drug-likeness (QED) is 0.800. The Morgan fingerprint density at radius 3 is 2.57 bits per heavy atom. The largest absolute Gasteiger partial charge is 0.495 e. The second-order valence-corrected chi connectivity index (χ2v) is 2.53.